The Hall–Kier alpha value is -4.58. The van der Waals surface area contributed by atoms with E-state index >= 15 is 0 Å². The van der Waals surface area contributed by atoms with Gasteiger partial charge in [0.15, 0.2) is 6.17 Å². The Bertz CT molecular complexity index is 2300. The van der Waals surface area contributed by atoms with Gasteiger partial charge < -0.3 is 4.90 Å². The number of hydrogen-bond acceptors (Lipinski definition) is 3. The van der Waals surface area contributed by atoms with Gasteiger partial charge in [-0.1, -0.05) is 92.5 Å². The molecule has 0 amide bonds. The first-order chi connectivity index (χ1) is 29.7. The van der Waals surface area contributed by atoms with E-state index in [2.05, 4.69) is 112 Å². The van der Waals surface area contributed by atoms with Crippen LogP contribution < -0.4 is 5.32 Å². The van der Waals surface area contributed by atoms with Crippen molar-refractivity contribution < 1.29 is 5.32 Å². The number of nitrogens with zero attached hydrogens (tertiary/aromatic N) is 4. The van der Waals surface area contributed by atoms with Crippen LogP contribution in [0.15, 0.2) is 101 Å². The van der Waals surface area contributed by atoms with Gasteiger partial charge in [0.05, 0.1) is 35.4 Å². The van der Waals surface area contributed by atoms with Crippen molar-refractivity contribution in [3.63, 3.8) is 0 Å². The molecule has 8 aliphatic carbocycles. The highest BCUT2D eigenvalue weighted by atomic mass is 15.3. The van der Waals surface area contributed by atoms with E-state index in [1.807, 2.05) is 0 Å². The molecule has 10 unspecified atom stereocenters. The van der Waals surface area contributed by atoms with Crippen LogP contribution >= 0.6 is 0 Å². The van der Waals surface area contributed by atoms with E-state index in [4.69, 9.17) is 0 Å². The Labute approximate surface area is 359 Å². The lowest BCUT2D eigenvalue weighted by atomic mass is 9.57. The summed E-state index contributed by atoms with van der Waals surface area (Å²) in [5.41, 5.74) is 13.0. The summed E-state index contributed by atoms with van der Waals surface area (Å²) in [4.78, 5) is 2.83. The average molecular weight is 795 g/mol. The van der Waals surface area contributed by atoms with Crippen LogP contribution in [0.25, 0.3) is 18.0 Å². The Balaban J connectivity index is 1.01. The minimum absolute atomic E-state index is 0.125. The van der Waals surface area contributed by atoms with E-state index < -0.39 is 0 Å². The van der Waals surface area contributed by atoms with E-state index in [0.717, 1.165) is 69.8 Å². The largest absolute Gasteiger partial charge is 0.315 e. The second-order valence-corrected chi connectivity index (χ2v) is 19.9. The number of rotatable bonds is 6. The molecule has 11 rings (SSSR count). The number of nitrogens with two attached hydrogens (primary N) is 1. The number of aromatic nitrogens is 1. The first kappa shape index (κ1) is 38.3. The van der Waals surface area contributed by atoms with Crippen LogP contribution in [0.5, 0.6) is 0 Å². The predicted octanol–water partition coefficient (Wildman–Crippen LogP) is 11.4. The maximum atomic E-state index is 10.3. The average Bonchev–Trinajstić information content (AvgIpc) is 3.84. The smallest absolute Gasteiger partial charge is 0.211 e. The molecule has 0 aromatic carbocycles. The second kappa shape index (κ2) is 16.4. The van der Waals surface area contributed by atoms with Crippen molar-refractivity contribution in [2.24, 2.45) is 47.3 Å². The van der Waals surface area contributed by atoms with Crippen molar-refractivity contribution in [2.75, 3.05) is 0 Å². The molecule has 308 valence electrons. The molecule has 0 saturated heterocycles. The summed E-state index contributed by atoms with van der Waals surface area (Å²) in [7, 11) is 0. The minimum atomic E-state index is 0.125. The van der Waals surface area contributed by atoms with Gasteiger partial charge in [0, 0.05) is 23.4 Å². The van der Waals surface area contributed by atoms with Crippen LogP contribution in [0.3, 0.4) is 0 Å². The molecule has 0 spiro atoms. The lowest BCUT2D eigenvalue weighted by molar-refractivity contribution is -0.620. The monoisotopic (exact) mass is 795 g/mol. The number of quaternary nitrogens is 1. The van der Waals surface area contributed by atoms with Gasteiger partial charge in [0.2, 0.25) is 5.82 Å². The number of nitriles is 2. The predicted molar refractivity (Wildman–Crippen MR) is 242 cm³/mol. The van der Waals surface area contributed by atoms with E-state index in [9.17, 15) is 10.5 Å². The molecular formula is C55H64N5+. The van der Waals surface area contributed by atoms with Gasteiger partial charge in [-0.3, -0.25) is 9.88 Å². The molecule has 60 heavy (non-hydrogen) atoms. The lowest BCUT2D eigenvalue weighted by Gasteiger charge is -2.48. The molecule has 0 radical (unpaired) electrons. The fourth-order valence-electron chi connectivity index (χ4n) is 14.5. The zero-order valence-corrected chi connectivity index (χ0v) is 35.7. The summed E-state index contributed by atoms with van der Waals surface area (Å²) in [6.07, 6.45) is 56.9. The van der Waals surface area contributed by atoms with Crippen molar-refractivity contribution in [3.8, 4) is 12.1 Å². The molecule has 1 aromatic rings. The SMILES string of the molecule is N#CC1=CCCC=C1C1CCC=CC1C1CCCCC1C1CCCCC1C1=CC(N2C3=C(CC(C#N)CC3)C3C=CC=CC32)[NH2+]C(n2c3c(c4c2CCC=C4)CCC=C3)=C1. The molecular weight excluding hydrogens is 731 g/mol. The highest BCUT2D eigenvalue weighted by Gasteiger charge is 2.48. The van der Waals surface area contributed by atoms with Crippen LogP contribution in [0.1, 0.15) is 132 Å². The summed E-state index contributed by atoms with van der Waals surface area (Å²) >= 11 is 0. The molecule has 2 aliphatic heterocycles. The Morgan fingerprint density at radius 3 is 2.43 bits per heavy atom. The Morgan fingerprint density at radius 1 is 0.717 bits per heavy atom. The quantitative estimate of drug-likeness (QED) is 0.292. The molecule has 10 atom stereocenters. The van der Waals surface area contributed by atoms with Crippen LogP contribution in [-0.2, 0) is 12.8 Å². The van der Waals surface area contributed by atoms with E-state index in [-0.39, 0.29) is 12.1 Å². The first-order valence-electron chi connectivity index (χ1n) is 24.3. The summed E-state index contributed by atoms with van der Waals surface area (Å²) in [6, 6.07) is 5.60. The molecule has 2 N–H and O–H groups in total. The van der Waals surface area contributed by atoms with Gasteiger partial charge in [0.1, 0.15) is 0 Å². The molecule has 0 bridgehead atoms. The number of allylic oxidation sites excluding steroid dienone is 13. The van der Waals surface area contributed by atoms with Crippen LogP contribution in [0.4, 0.5) is 0 Å². The van der Waals surface area contributed by atoms with Crippen LogP contribution in [0.2, 0.25) is 0 Å². The Morgan fingerprint density at radius 2 is 1.53 bits per heavy atom. The van der Waals surface area contributed by atoms with Gasteiger partial charge in [-0.05, 0) is 172 Å². The first-order valence-corrected chi connectivity index (χ1v) is 24.3. The van der Waals surface area contributed by atoms with Gasteiger partial charge in [-0.15, -0.1) is 0 Å². The standard InChI is InChI=1S/C55H63N5/c56-34-36-29-30-53-49(31-36)48-25-11-14-28-52(48)60(53)55-33-38(32-54(58-55)59-50-26-12-9-23-46(50)47-24-10-13-27-51(47)59)40-17-3-4-19-42(40)44-21-7-8-22-45(44)43-20-6-5-18-41(43)39-16-2-1-15-37(39)35-57/h6,9,11,13-16,20,23,25,27-28,32-33,36,40-45,48,52,55,58H,1-5,7-8,10,12,17-19,21-22,24,26,29-31H2/p+1. The molecule has 1 aromatic heterocycles. The normalized spacial score (nSPS) is 35.6. The number of fused-ring (bicyclic) bond motifs is 5. The lowest BCUT2D eigenvalue weighted by Crippen LogP contribution is -2.92. The molecule has 5 heteroatoms. The molecule has 2 saturated carbocycles. The van der Waals surface area contributed by atoms with Gasteiger partial charge >= 0.3 is 0 Å². The van der Waals surface area contributed by atoms with Gasteiger partial charge in [-0.2, -0.15) is 10.5 Å². The summed E-state index contributed by atoms with van der Waals surface area (Å²) in [6.45, 7) is 0. The van der Waals surface area contributed by atoms with Crippen molar-refractivity contribution in [3.05, 3.63) is 123 Å². The maximum Gasteiger partial charge on any atom is 0.211 e. The van der Waals surface area contributed by atoms with Crippen LogP contribution in [-0.4, -0.2) is 21.7 Å². The summed E-state index contributed by atoms with van der Waals surface area (Å²) in [5, 5.41) is 23.0. The van der Waals surface area contributed by atoms with E-state index in [1.54, 1.807) is 11.1 Å². The third-order valence-electron chi connectivity index (χ3n) is 17.0. The van der Waals surface area contributed by atoms with Crippen molar-refractivity contribution in [1.29, 1.82) is 10.5 Å². The van der Waals surface area contributed by atoms with E-state index in [0.29, 0.717) is 47.5 Å². The van der Waals surface area contributed by atoms with Gasteiger partial charge in [-0.25, -0.2) is 0 Å². The molecule has 2 fully saturated rings. The van der Waals surface area contributed by atoms with Crippen molar-refractivity contribution in [1.82, 2.24) is 9.47 Å². The summed E-state index contributed by atoms with van der Waals surface area (Å²) < 4.78 is 2.72. The van der Waals surface area contributed by atoms with Crippen molar-refractivity contribution in [2.45, 2.75) is 134 Å². The minimum Gasteiger partial charge on any atom is -0.315 e. The van der Waals surface area contributed by atoms with Gasteiger partial charge in [0.25, 0.3) is 0 Å². The number of hydrogen-bond donors (Lipinski definition) is 1. The highest BCUT2D eigenvalue weighted by Crippen LogP contribution is 2.54. The fraction of sp³-hybridized carbons (Fsp3) is 0.527. The zero-order valence-electron chi connectivity index (χ0n) is 35.7. The Kier molecular flexibility index (Phi) is 10.5. The highest BCUT2D eigenvalue weighted by molar-refractivity contribution is 5.72. The summed E-state index contributed by atoms with van der Waals surface area (Å²) in [5.74, 6) is 5.48. The third-order valence-corrected chi connectivity index (χ3v) is 17.0. The molecule has 3 heterocycles. The topological polar surface area (TPSA) is 72.4 Å². The third kappa shape index (κ3) is 6.57. The van der Waals surface area contributed by atoms with Crippen molar-refractivity contribution >= 4 is 18.0 Å². The van der Waals surface area contributed by atoms with E-state index in [1.165, 1.54) is 97.4 Å². The van der Waals surface area contributed by atoms with Crippen LogP contribution in [0, 0.1) is 70.0 Å². The maximum absolute atomic E-state index is 10.3. The second-order valence-electron chi connectivity index (χ2n) is 19.9. The zero-order chi connectivity index (χ0) is 40.2. The molecule has 10 aliphatic rings. The fourth-order valence-corrected chi connectivity index (χ4v) is 14.5. The molecule has 5 nitrogen and oxygen atoms in total.